The zero-order valence-electron chi connectivity index (χ0n) is 10.2. The highest BCUT2D eigenvalue weighted by atomic mass is 19.4. The number of piperidine rings is 1. The molecule has 0 bridgehead atoms. The van der Waals surface area contributed by atoms with Crippen molar-refractivity contribution in [3.8, 4) is 0 Å². The number of aliphatic carboxylic acids is 1. The molecule has 8 heteroatoms. The fourth-order valence-electron chi connectivity index (χ4n) is 2.54. The Morgan fingerprint density at radius 2 is 1.63 bits per heavy atom. The molecule has 1 N–H and O–H groups in total. The lowest BCUT2D eigenvalue weighted by Crippen LogP contribution is -2.64. The monoisotopic (exact) mass is 280 g/mol. The van der Waals surface area contributed by atoms with Crippen LogP contribution in [0.15, 0.2) is 0 Å². The summed E-state index contributed by atoms with van der Waals surface area (Å²) in [5.41, 5.74) is 0. The SMILES string of the molecule is O=C(O)C1CCN(C2CN(C(=O)C(F)(F)F)C2)CC1. The van der Waals surface area contributed by atoms with Gasteiger partial charge in [-0.15, -0.1) is 0 Å². The second-order valence-electron chi connectivity index (χ2n) is 5.01. The first kappa shape index (κ1) is 14.1. The first-order chi connectivity index (χ1) is 8.79. The van der Waals surface area contributed by atoms with Gasteiger partial charge in [0.25, 0.3) is 0 Å². The van der Waals surface area contributed by atoms with Crippen molar-refractivity contribution in [2.24, 2.45) is 5.92 Å². The van der Waals surface area contributed by atoms with Crippen LogP contribution in [0, 0.1) is 5.92 Å². The van der Waals surface area contributed by atoms with Crippen LogP contribution in [0.4, 0.5) is 13.2 Å². The van der Waals surface area contributed by atoms with Crippen molar-refractivity contribution in [2.45, 2.75) is 25.1 Å². The summed E-state index contributed by atoms with van der Waals surface area (Å²) in [4.78, 5) is 24.4. The van der Waals surface area contributed by atoms with E-state index >= 15 is 0 Å². The van der Waals surface area contributed by atoms with Crippen LogP contribution in [-0.4, -0.2) is 65.2 Å². The van der Waals surface area contributed by atoms with Crippen LogP contribution >= 0.6 is 0 Å². The molecule has 0 aromatic carbocycles. The van der Waals surface area contributed by atoms with E-state index in [1.807, 2.05) is 4.90 Å². The molecule has 2 fully saturated rings. The zero-order chi connectivity index (χ0) is 14.2. The van der Waals surface area contributed by atoms with E-state index in [1.165, 1.54) is 0 Å². The highest BCUT2D eigenvalue weighted by molar-refractivity contribution is 5.82. The largest absolute Gasteiger partial charge is 0.481 e. The van der Waals surface area contributed by atoms with Gasteiger partial charge < -0.3 is 10.0 Å². The second-order valence-corrected chi connectivity index (χ2v) is 5.01. The van der Waals surface area contributed by atoms with Gasteiger partial charge in [0.15, 0.2) is 0 Å². The third-order valence-electron chi connectivity index (χ3n) is 3.79. The average molecular weight is 280 g/mol. The summed E-state index contributed by atoms with van der Waals surface area (Å²) in [7, 11) is 0. The molecule has 1 amide bonds. The minimum Gasteiger partial charge on any atom is -0.481 e. The number of likely N-dealkylation sites (tertiary alicyclic amines) is 2. The summed E-state index contributed by atoms with van der Waals surface area (Å²) >= 11 is 0. The van der Waals surface area contributed by atoms with Crippen molar-refractivity contribution in [1.82, 2.24) is 9.80 Å². The van der Waals surface area contributed by atoms with Crippen LogP contribution in [0.2, 0.25) is 0 Å². The lowest BCUT2D eigenvalue weighted by Gasteiger charge is -2.47. The van der Waals surface area contributed by atoms with Gasteiger partial charge in [0.05, 0.1) is 5.92 Å². The Balaban J connectivity index is 1.77. The van der Waals surface area contributed by atoms with Crippen LogP contribution in [0.5, 0.6) is 0 Å². The van der Waals surface area contributed by atoms with Gasteiger partial charge in [0.2, 0.25) is 0 Å². The number of halogens is 3. The molecular weight excluding hydrogens is 265 g/mol. The predicted octanol–water partition coefficient (Wildman–Crippen LogP) is 0.556. The van der Waals surface area contributed by atoms with Gasteiger partial charge in [-0.25, -0.2) is 0 Å². The molecule has 108 valence electrons. The molecule has 2 heterocycles. The third kappa shape index (κ3) is 2.99. The maximum atomic E-state index is 12.2. The van der Waals surface area contributed by atoms with Crippen LogP contribution < -0.4 is 0 Å². The second kappa shape index (κ2) is 4.99. The first-order valence-electron chi connectivity index (χ1n) is 6.12. The van der Waals surface area contributed by atoms with Gasteiger partial charge in [-0.05, 0) is 25.9 Å². The van der Waals surface area contributed by atoms with E-state index in [-0.39, 0.29) is 25.0 Å². The van der Waals surface area contributed by atoms with Crippen molar-refractivity contribution < 1.29 is 27.9 Å². The van der Waals surface area contributed by atoms with Crippen molar-refractivity contribution in [3.05, 3.63) is 0 Å². The van der Waals surface area contributed by atoms with E-state index in [1.54, 1.807) is 0 Å². The topological polar surface area (TPSA) is 60.9 Å². The Morgan fingerprint density at radius 3 is 2.05 bits per heavy atom. The molecule has 2 aliphatic heterocycles. The number of carbonyl (C=O) groups is 2. The highest BCUT2D eigenvalue weighted by Crippen LogP contribution is 2.27. The van der Waals surface area contributed by atoms with Gasteiger partial charge >= 0.3 is 18.1 Å². The van der Waals surface area contributed by atoms with Crippen molar-refractivity contribution in [3.63, 3.8) is 0 Å². The predicted molar refractivity (Wildman–Crippen MR) is 58.4 cm³/mol. The Labute approximate surface area is 108 Å². The highest BCUT2D eigenvalue weighted by Gasteiger charge is 2.47. The van der Waals surface area contributed by atoms with Crippen molar-refractivity contribution in [2.75, 3.05) is 26.2 Å². The fourth-order valence-corrected chi connectivity index (χ4v) is 2.54. The van der Waals surface area contributed by atoms with Gasteiger partial charge in [0, 0.05) is 19.1 Å². The quantitative estimate of drug-likeness (QED) is 0.802. The molecule has 19 heavy (non-hydrogen) atoms. The number of carboxylic acid groups (broad SMARTS) is 1. The Bertz CT molecular complexity index is 372. The number of hydrogen-bond acceptors (Lipinski definition) is 3. The smallest absolute Gasteiger partial charge is 0.471 e. The lowest BCUT2D eigenvalue weighted by atomic mass is 9.94. The average Bonchev–Trinajstić information content (AvgIpc) is 2.26. The molecule has 2 rings (SSSR count). The van der Waals surface area contributed by atoms with Crippen molar-refractivity contribution >= 4 is 11.9 Å². The summed E-state index contributed by atoms with van der Waals surface area (Å²) in [6, 6.07) is -0.0685. The van der Waals surface area contributed by atoms with E-state index in [0.29, 0.717) is 25.9 Å². The number of amides is 1. The molecule has 0 aromatic heterocycles. The molecule has 0 atom stereocenters. The molecule has 0 aliphatic carbocycles. The maximum absolute atomic E-state index is 12.2. The summed E-state index contributed by atoms with van der Waals surface area (Å²) in [6.07, 6.45) is -3.78. The lowest BCUT2D eigenvalue weighted by molar-refractivity contribution is -0.192. The van der Waals surface area contributed by atoms with E-state index < -0.39 is 18.1 Å². The van der Waals surface area contributed by atoms with Gasteiger partial charge in [-0.2, -0.15) is 13.2 Å². The van der Waals surface area contributed by atoms with E-state index in [2.05, 4.69) is 0 Å². The van der Waals surface area contributed by atoms with Gasteiger partial charge in [-0.3, -0.25) is 14.5 Å². The van der Waals surface area contributed by atoms with Crippen LogP contribution in [-0.2, 0) is 9.59 Å². The molecule has 0 radical (unpaired) electrons. The number of carboxylic acids is 1. The molecular formula is C11H15F3N2O3. The summed E-state index contributed by atoms with van der Waals surface area (Å²) in [5, 5.41) is 8.84. The summed E-state index contributed by atoms with van der Waals surface area (Å²) in [6.45, 7) is 1.29. The van der Waals surface area contributed by atoms with Crippen LogP contribution in [0.1, 0.15) is 12.8 Å². The molecule has 2 aliphatic rings. The fraction of sp³-hybridized carbons (Fsp3) is 0.818. The summed E-state index contributed by atoms with van der Waals surface area (Å²) < 4.78 is 36.5. The van der Waals surface area contributed by atoms with Gasteiger partial charge in [0.1, 0.15) is 0 Å². The molecule has 0 spiro atoms. The molecule has 0 saturated carbocycles. The molecule has 2 saturated heterocycles. The number of hydrogen-bond donors (Lipinski definition) is 1. The normalized spacial score (nSPS) is 23.2. The Morgan fingerprint density at radius 1 is 1.11 bits per heavy atom. The van der Waals surface area contributed by atoms with Crippen LogP contribution in [0.25, 0.3) is 0 Å². The number of rotatable bonds is 2. The minimum atomic E-state index is -4.80. The minimum absolute atomic E-state index is 0.0685. The Hall–Kier alpha value is -1.31. The van der Waals surface area contributed by atoms with Gasteiger partial charge in [-0.1, -0.05) is 0 Å². The standard InChI is InChI=1S/C11H15F3N2O3/c12-11(13,14)10(19)16-5-8(6-16)15-3-1-7(2-4-15)9(17)18/h7-8H,1-6H2,(H,17,18). The number of nitrogens with zero attached hydrogens (tertiary/aromatic N) is 2. The summed E-state index contributed by atoms with van der Waals surface area (Å²) in [5.74, 6) is -2.96. The molecule has 5 nitrogen and oxygen atoms in total. The van der Waals surface area contributed by atoms with E-state index in [0.717, 1.165) is 4.90 Å². The zero-order valence-corrected chi connectivity index (χ0v) is 10.2. The Kier molecular flexibility index (Phi) is 3.71. The maximum Gasteiger partial charge on any atom is 0.471 e. The molecule has 0 unspecified atom stereocenters. The third-order valence-corrected chi connectivity index (χ3v) is 3.79. The number of carbonyl (C=O) groups excluding carboxylic acids is 1. The van der Waals surface area contributed by atoms with E-state index in [4.69, 9.17) is 5.11 Å². The van der Waals surface area contributed by atoms with E-state index in [9.17, 15) is 22.8 Å². The molecule has 0 aromatic rings. The first-order valence-corrected chi connectivity index (χ1v) is 6.12. The number of alkyl halides is 3. The van der Waals surface area contributed by atoms with Crippen LogP contribution in [0.3, 0.4) is 0 Å². The van der Waals surface area contributed by atoms with Crippen molar-refractivity contribution in [1.29, 1.82) is 0 Å².